The number of hydrogen-bond donors (Lipinski definition) is 0. The number of nitrogens with zero attached hydrogens (tertiary/aromatic N) is 4. The van der Waals surface area contributed by atoms with Crippen LogP contribution in [0.5, 0.6) is 0 Å². The molecular weight excluding hydrogens is 417 g/mol. The molecule has 10 heteroatoms. The van der Waals surface area contributed by atoms with Gasteiger partial charge in [-0.25, -0.2) is 18.4 Å². The Morgan fingerprint density at radius 3 is 2.70 bits per heavy atom. The summed E-state index contributed by atoms with van der Waals surface area (Å²) in [6.07, 6.45) is 0.530. The molecule has 0 N–H and O–H groups in total. The molecule has 0 atom stereocenters. The SMILES string of the molecule is CS(=O)(=O)c1ncc2c(n1)CCN(Cc1cccn1-c1cccc(C(F)(F)F)c1)C2. The molecule has 0 fully saturated rings. The maximum Gasteiger partial charge on any atom is 0.416 e. The molecule has 0 bridgehead atoms. The van der Waals surface area contributed by atoms with Crippen LogP contribution in [-0.4, -0.2) is 40.7 Å². The van der Waals surface area contributed by atoms with E-state index in [1.165, 1.54) is 12.3 Å². The topological polar surface area (TPSA) is 68.1 Å². The van der Waals surface area contributed by atoms with Gasteiger partial charge in [0.05, 0.1) is 11.3 Å². The van der Waals surface area contributed by atoms with E-state index in [4.69, 9.17) is 0 Å². The lowest BCUT2D eigenvalue weighted by Crippen LogP contribution is -2.32. The van der Waals surface area contributed by atoms with E-state index in [9.17, 15) is 21.6 Å². The first kappa shape index (κ1) is 20.5. The van der Waals surface area contributed by atoms with Gasteiger partial charge < -0.3 is 4.57 Å². The number of halogens is 3. The van der Waals surface area contributed by atoms with Gasteiger partial charge in [-0.15, -0.1) is 0 Å². The maximum absolute atomic E-state index is 13.1. The summed E-state index contributed by atoms with van der Waals surface area (Å²) < 4.78 is 64.2. The molecule has 0 radical (unpaired) electrons. The van der Waals surface area contributed by atoms with Crippen molar-refractivity contribution in [3.05, 3.63) is 71.3 Å². The Morgan fingerprint density at radius 2 is 1.97 bits per heavy atom. The molecular formula is C20H19F3N4O2S. The summed E-state index contributed by atoms with van der Waals surface area (Å²) in [5.41, 5.74) is 2.18. The lowest BCUT2D eigenvalue weighted by Gasteiger charge is -2.28. The van der Waals surface area contributed by atoms with Crippen LogP contribution < -0.4 is 0 Å². The average molecular weight is 436 g/mol. The number of sulfone groups is 1. The van der Waals surface area contributed by atoms with Crippen LogP contribution in [0.15, 0.2) is 53.9 Å². The molecule has 0 saturated carbocycles. The van der Waals surface area contributed by atoms with Crippen LogP contribution in [0.25, 0.3) is 5.69 Å². The number of rotatable bonds is 4. The Kier molecular flexibility index (Phi) is 5.15. The number of hydrogen-bond acceptors (Lipinski definition) is 5. The molecule has 4 rings (SSSR count). The van der Waals surface area contributed by atoms with Crippen molar-refractivity contribution in [3.8, 4) is 5.69 Å². The van der Waals surface area contributed by atoms with E-state index in [-0.39, 0.29) is 5.16 Å². The molecule has 0 unspecified atom stereocenters. The standard InChI is InChI=1S/C20H19F3N4O2S/c1-30(28,29)19-24-11-14-12-26(9-7-18(14)25-19)13-17-6-3-8-27(17)16-5-2-4-15(10-16)20(21,22)23/h2-6,8,10-11H,7,9,12-13H2,1H3. The van der Waals surface area contributed by atoms with Crippen molar-refractivity contribution in [2.75, 3.05) is 12.8 Å². The van der Waals surface area contributed by atoms with Crippen LogP contribution in [0.1, 0.15) is 22.5 Å². The number of benzene rings is 1. The van der Waals surface area contributed by atoms with Gasteiger partial charge in [0, 0.05) is 61.6 Å². The highest BCUT2D eigenvalue weighted by Crippen LogP contribution is 2.31. The summed E-state index contributed by atoms with van der Waals surface area (Å²) in [6, 6.07) is 8.91. The molecule has 3 heterocycles. The van der Waals surface area contributed by atoms with Crippen molar-refractivity contribution in [2.45, 2.75) is 30.8 Å². The predicted molar refractivity (Wildman–Crippen MR) is 104 cm³/mol. The number of aromatic nitrogens is 3. The highest BCUT2D eigenvalue weighted by Gasteiger charge is 2.30. The first-order chi connectivity index (χ1) is 14.1. The minimum absolute atomic E-state index is 0.173. The third-order valence-corrected chi connectivity index (χ3v) is 5.85. The third-order valence-electron chi connectivity index (χ3n) is 4.99. The Hall–Kier alpha value is -2.72. The molecule has 158 valence electrons. The van der Waals surface area contributed by atoms with Crippen molar-refractivity contribution < 1.29 is 21.6 Å². The second-order valence-electron chi connectivity index (χ2n) is 7.27. The molecule has 30 heavy (non-hydrogen) atoms. The van der Waals surface area contributed by atoms with Gasteiger partial charge in [-0.05, 0) is 30.3 Å². The summed E-state index contributed by atoms with van der Waals surface area (Å²) >= 11 is 0. The zero-order chi connectivity index (χ0) is 21.5. The van der Waals surface area contributed by atoms with E-state index >= 15 is 0 Å². The number of alkyl halides is 3. The van der Waals surface area contributed by atoms with E-state index in [0.717, 1.165) is 35.3 Å². The molecule has 2 aromatic heterocycles. The fourth-order valence-corrected chi connectivity index (χ4v) is 4.05. The summed E-state index contributed by atoms with van der Waals surface area (Å²) in [5, 5.41) is -0.173. The van der Waals surface area contributed by atoms with Gasteiger partial charge in [0.15, 0.2) is 0 Å². The van der Waals surface area contributed by atoms with E-state index in [0.29, 0.717) is 31.7 Å². The Morgan fingerprint density at radius 1 is 1.17 bits per heavy atom. The highest BCUT2D eigenvalue weighted by molar-refractivity contribution is 7.90. The Bertz CT molecular complexity index is 1190. The lowest BCUT2D eigenvalue weighted by molar-refractivity contribution is -0.137. The van der Waals surface area contributed by atoms with Crippen LogP contribution in [0.3, 0.4) is 0 Å². The number of fused-ring (bicyclic) bond motifs is 1. The van der Waals surface area contributed by atoms with Gasteiger partial charge in [0.25, 0.3) is 0 Å². The molecule has 6 nitrogen and oxygen atoms in total. The van der Waals surface area contributed by atoms with E-state index < -0.39 is 21.6 Å². The molecule has 1 aromatic carbocycles. The average Bonchev–Trinajstić information content (AvgIpc) is 3.14. The van der Waals surface area contributed by atoms with Crippen LogP contribution in [0.2, 0.25) is 0 Å². The van der Waals surface area contributed by atoms with Crippen molar-refractivity contribution in [1.29, 1.82) is 0 Å². The lowest BCUT2D eigenvalue weighted by atomic mass is 10.1. The van der Waals surface area contributed by atoms with Crippen molar-refractivity contribution >= 4 is 9.84 Å². The van der Waals surface area contributed by atoms with Crippen LogP contribution in [0, 0.1) is 0 Å². The van der Waals surface area contributed by atoms with E-state index in [1.807, 2.05) is 6.07 Å². The minimum atomic E-state index is -4.40. The normalized spacial score (nSPS) is 15.2. The fourth-order valence-electron chi connectivity index (χ4n) is 3.53. The van der Waals surface area contributed by atoms with Gasteiger partial charge in [-0.3, -0.25) is 4.90 Å². The van der Waals surface area contributed by atoms with Crippen molar-refractivity contribution in [3.63, 3.8) is 0 Å². The Balaban J connectivity index is 1.55. The predicted octanol–water partition coefficient (Wildman–Crippen LogP) is 3.25. The molecule has 0 spiro atoms. The second kappa shape index (κ2) is 7.51. The van der Waals surface area contributed by atoms with Crippen molar-refractivity contribution in [2.24, 2.45) is 0 Å². The first-order valence-electron chi connectivity index (χ1n) is 9.22. The molecule has 1 aliphatic rings. The second-order valence-corrected chi connectivity index (χ2v) is 9.18. The molecule has 1 aliphatic heterocycles. The van der Waals surface area contributed by atoms with Crippen LogP contribution in [-0.2, 0) is 35.5 Å². The fraction of sp³-hybridized carbons (Fsp3) is 0.300. The molecule has 0 amide bonds. The van der Waals surface area contributed by atoms with Gasteiger partial charge in [-0.2, -0.15) is 13.2 Å². The van der Waals surface area contributed by atoms with E-state index in [2.05, 4.69) is 14.9 Å². The zero-order valence-corrected chi connectivity index (χ0v) is 16.9. The van der Waals surface area contributed by atoms with Gasteiger partial charge in [0.1, 0.15) is 0 Å². The van der Waals surface area contributed by atoms with Gasteiger partial charge in [-0.1, -0.05) is 6.07 Å². The highest BCUT2D eigenvalue weighted by atomic mass is 32.2. The van der Waals surface area contributed by atoms with Gasteiger partial charge in [0.2, 0.25) is 15.0 Å². The van der Waals surface area contributed by atoms with E-state index in [1.54, 1.807) is 22.9 Å². The zero-order valence-electron chi connectivity index (χ0n) is 16.1. The largest absolute Gasteiger partial charge is 0.416 e. The maximum atomic E-state index is 13.1. The quantitative estimate of drug-likeness (QED) is 0.588. The summed E-state index contributed by atoms with van der Waals surface area (Å²) in [4.78, 5) is 10.3. The first-order valence-corrected chi connectivity index (χ1v) is 11.1. The summed E-state index contributed by atoms with van der Waals surface area (Å²) in [7, 11) is -3.46. The summed E-state index contributed by atoms with van der Waals surface area (Å²) in [6.45, 7) is 1.71. The molecule has 0 saturated heterocycles. The smallest absolute Gasteiger partial charge is 0.320 e. The monoisotopic (exact) mass is 436 g/mol. The molecule has 3 aromatic rings. The van der Waals surface area contributed by atoms with Crippen molar-refractivity contribution in [1.82, 2.24) is 19.4 Å². The Labute approximate surface area is 171 Å². The minimum Gasteiger partial charge on any atom is -0.320 e. The molecule has 0 aliphatic carbocycles. The van der Waals surface area contributed by atoms with Crippen LogP contribution >= 0.6 is 0 Å². The summed E-state index contributed by atoms with van der Waals surface area (Å²) in [5.74, 6) is 0. The van der Waals surface area contributed by atoms with Gasteiger partial charge >= 0.3 is 6.18 Å². The third kappa shape index (κ3) is 4.24. The van der Waals surface area contributed by atoms with Crippen LogP contribution in [0.4, 0.5) is 13.2 Å².